The molecule has 1 N–H and O–H groups in total. The van der Waals surface area contributed by atoms with Crippen LogP contribution in [0.15, 0.2) is 16.5 Å². The molecule has 1 amide bonds. The third kappa shape index (κ3) is 4.15. The van der Waals surface area contributed by atoms with Crippen LogP contribution in [0, 0.1) is 6.92 Å². The fourth-order valence-corrected chi connectivity index (χ4v) is 3.61. The quantitative estimate of drug-likeness (QED) is 0.926. The van der Waals surface area contributed by atoms with Gasteiger partial charge in [0, 0.05) is 25.6 Å². The first-order valence-electron chi connectivity index (χ1n) is 8.76. The number of furan rings is 1. The first-order chi connectivity index (χ1) is 11.1. The predicted octanol–water partition coefficient (Wildman–Crippen LogP) is 2.45. The maximum Gasteiger partial charge on any atom is 0.222 e. The van der Waals surface area contributed by atoms with Crippen LogP contribution in [-0.4, -0.2) is 49.2 Å². The van der Waals surface area contributed by atoms with E-state index < -0.39 is 0 Å². The Morgan fingerprint density at radius 2 is 2.13 bits per heavy atom. The second-order valence-electron chi connectivity index (χ2n) is 7.04. The van der Waals surface area contributed by atoms with Crippen LogP contribution < -0.4 is 5.32 Å². The summed E-state index contributed by atoms with van der Waals surface area (Å²) in [5.74, 6) is 2.65. The summed E-state index contributed by atoms with van der Waals surface area (Å²) < 4.78 is 11.7. The van der Waals surface area contributed by atoms with E-state index in [1.54, 1.807) is 0 Å². The summed E-state index contributed by atoms with van der Waals surface area (Å²) in [6, 6.07) is 4.12. The number of hydrogen-bond donors (Lipinski definition) is 1. The van der Waals surface area contributed by atoms with Crippen LogP contribution in [0.1, 0.15) is 50.0 Å². The van der Waals surface area contributed by atoms with Crippen molar-refractivity contribution in [2.45, 2.75) is 51.0 Å². The van der Waals surface area contributed by atoms with Gasteiger partial charge in [-0.15, -0.1) is 0 Å². The van der Waals surface area contributed by atoms with Gasteiger partial charge in [-0.05, 0) is 44.9 Å². The average molecular weight is 320 g/mol. The van der Waals surface area contributed by atoms with E-state index in [-0.39, 0.29) is 11.5 Å². The van der Waals surface area contributed by atoms with Gasteiger partial charge in [0.15, 0.2) is 0 Å². The molecule has 1 atom stereocenters. The van der Waals surface area contributed by atoms with Crippen LogP contribution in [-0.2, 0) is 9.53 Å². The van der Waals surface area contributed by atoms with Gasteiger partial charge in [-0.1, -0.05) is 6.92 Å². The highest BCUT2D eigenvalue weighted by Crippen LogP contribution is 2.31. The minimum Gasteiger partial charge on any atom is -0.466 e. The summed E-state index contributed by atoms with van der Waals surface area (Å²) in [4.78, 5) is 14.3. The van der Waals surface area contributed by atoms with E-state index in [0.29, 0.717) is 25.5 Å². The largest absolute Gasteiger partial charge is 0.466 e. The molecular weight excluding hydrogens is 292 g/mol. The number of nitrogens with one attached hydrogen (secondary N) is 1. The molecule has 0 saturated carbocycles. The molecule has 0 aliphatic carbocycles. The molecule has 0 radical (unpaired) electrons. The number of carbonyl (C=O) groups excluding carboxylic acids is 1. The van der Waals surface area contributed by atoms with E-state index in [1.165, 1.54) is 0 Å². The van der Waals surface area contributed by atoms with Crippen molar-refractivity contribution in [2.24, 2.45) is 0 Å². The van der Waals surface area contributed by atoms with Crippen LogP contribution in [0.5, 0.6) is 0 Å². The van der Waals surface area contributed by atoms with Crippen LogP contribution in [0.25, 0.3) is 0 Å². The molecule has 2 saturated heterocycles. The molecule has 0 bridgehead atoms. The molecule has 1 unspecified atom stereocenters. The molecule has 2 aliphatic rings. The lowest BCUT2D eigenvalue weighted by Crippen LogP contribution is -2.47. The van der Waals surface area contributed by atoms with E-state index in [9.17, 15) is 4.79 Å². The maximum atomic E-state index is 11.8. The molecule has 5 nitrogen and oxygen atoms in total. The summed E-state index contributed by atoms with van der Waals surface area (Å²) >= 11 is 0. The summed E-state index contributed by atoms with van der Waals surface area (Å²) in [6.45, 7) is 8.59. The second-order valence-corrected chi connectivity index (χ2v) is 7.04. The Kier molecular flexibility index (Phi) is 5.07. The minimum atomic E-state index is -0.221. The number of nitrogens with zero attached hydrogens (tertiary/aromatic N) is 1. The number of piperidine rings is 1. The van der Waals surface area contributed by atoms with Crippen LogP contribution in [0.3, 0.4) is 0 Å². The van der Waals surface area contributed by atoms with Crippen LogP contribution in [0.4, 0.5) is 0 Å². The Balaban J connectivity index is 1.46. The number of hydrogen-bond acceptors (Lipinski definition) is 4. The van der Waals surface area contributed by atoms with Crippen molar-refractivity contribution in [3.8, 4) is 0 Å². The van der Waals surface area contributed by atoms with Gasteiger partial charge < -0.3 is 19.4 Å². The van der Waals surface area contributed by atoms with Crippen LogP contribution in [0.2, 0.25) is 0 Å². The average Bonchev–Trinajstić information content (AvgIpc) is 2.89. The number of ether oxygens (including phenoxy) is 1. The van der Waals surface area contributed by atoms with Crippen molar-refractivity contribution in [1.82, 2.24) is 10.2 Å². The van der Waals surface area contributed by atoms with Gasteiger partial charge in [-0.25, -0.2) is 0 Å². The smallest absolute Gasteiger partial charge is 0.222 e. The van der Waals surface area contributed by atoms with E-state index in [4.69, 9.17) is 9.15 Å². The van der Waals surface area contributed by atoms with Gasteiger partial charge >= 0.3 is 0 Å². The first kappa shape index (κ1) is 16.5. The van der Waals surface area contributed by atoms with E-state index in [0.717, 1.165) is 50.4 Å². The lowest BCUT2D eigenvalue weighted by atomic mass is 9.87. The molecule has 2 fully saturated rings. The van der Waals surface area contributed by atoms with Gasteiger partial charge in [-0.3, -0.25) is 4.79 Å². The van der Waals surface area contributed by atoms with Crippen molar-refractivity contribution in [2.75, 3.05) is 32.8 Å². The topological polar surface area (TPSA) is 54.7 Å². The first-order valence-corrected chi connectivity index (χ1v) is 8.76. The molecular formula is C18H28N2O3. The van der Waals surface area contributed by atoms with Crippen LogP contribution >= 0.6 is 0 Å². The lowest BCUT2D eigenvalue weighted by Gasteiger charge is -2.40. The highest BCUT2D eigenvalue weighted by molar-refractivity contribution is 5.77. The molecule has 2 aliphatic heterocycles. The molecule has 3 heterocycles. The lowest BCUT2D eigenvalue weighted by molar-refractivity contribution is -0.128. The van der Waals surface area contributed by atoms with Crippen molar-refractivity contribution in [3.05, 3.63) is 23.7 Å². The van der Waals surface area contributed by atoms with Gasteiger partial charge in [0.2, 0.25) is 5.91 Å². The summed E-state index contributed by atoms with van der Waals surface area (Å²) in [6.07, 6.45) is 3.52. The minimum absolute atomic E-state index is 0.137. The number of amides is 1. The van der Waals surface area contributed by atoms with Gasteiger partial charge in [0.25, 0.3) is 0 Å². The standard InChI is InChI=1S/C18H28N2O3/c1-14(16-4-3-15(2)23-16)5-9-20-10-6-18(7-11-20)13-17(21)19-8-12-22-18/h3-4,14H,5-13H2,1-2H3,(H,19,21). The predicted molar refractivity (Wildman–Crippen MR) is 88.5 cm³/mol. The van der Waals surface area contributed by atoms with Crippen molar-refractivity contribution in [1.29, 1.82) is 0 Å². The molecule has 5 heteroatoms. The molecule has 23 heavy (non-hydrogen) atoms. The Hall–Kier alpha value is -1.33. The van der Waals surface area contributed by atoms with Crippen molar-refractivity contribution in [3.63, 3.8) is 0 Å². The summed E-state index contributed by atoms with van der Waals surface area (Å²) in [5, 5.41) is 2.90. The molecule has 1 aromatic rings. The normalized spacial score (nSPS) is 23.5. The van der Waals surface area contributed by atoms with Gasteiger partial charge in [0.05, 0.1) is 18.6 Å². The SMILES string of the molecule is Cc1ccc(C(C)CCN2CCC3(CC2)CC(=O)NCCO3)o1. The zero-order valence-corrected chi connectivity index (χ0v) is 14.3. The number of likely N-dealkylation sites (tertiary alicyclic amines) is 1. The van der Waals surface area contributed by atoms with Crippen molar-refractivity contribution >= 4 is 5.91 Å². The fraction of sp³-hybridized carbons (Fsp3) is 0.722. The Morgan fingerprint density at radius 3 is 2.83 bits per heavy atom. The van der Waals surface area contributed by atoms with Crippen molar-refractivity contribution < 1.29 is 13.9 Å². The Bertz CT molecular complexity index is 532. The van der Waals surface area contributed by atoms with E-state index >= 15 is 0 Å². The maximum absolute atomic E-state index is 11.8. The molecule has 3 rings (SSSR count). The summed E-state index contributed by atoms with van der Waals surface area (Å²) in [5.41, 5.74) is -0.221. The highest BCUT2D eigenvalue weighted by atomic mass is 16.5. The molecule has 1 spiro atoms. The molecule has 128 valence electrons. The molecule has 0 aromatic carbocycles. The van der Waals surface area contributed by atoms with Gasteiger partial charge in [-0.2, -0.15) is 0 Å². The highest BCUT2D eigenvalue weighted by Gasteiger charge is 2.38. The number of rotatable bonds is 4. The fourth-order valence-electron chi connectivity index (χ4n) is 3.61. The Morgan fingerprint density at radius 1 is 1.35 bits per heavy atom. The third-order valence-corrected chi connectivity index (χ3v) is 5.21. The third-order valence-electron chi connectivity index (χ3n) is 5.21. The molecule has 1 aromatic heterocycles. The zero-order chi connectivity index (χ0) is 16.3. The van der Waals surface area contributed by atoms with E-state index in [1.807, 2.05) is 13.0 Å². The van der Waals surface area contributed by atoms with E-state index in [2.05, 4.69) is 23.2 Å². The number of aryl methyl sites for hydroxylation is 1. The monoisotopic (exact) mass is 320 g/mol. The zero-order valence-electron chi connectivity index (χ0n) is 14.3. The summed E-state index contributed by atoms with van der Waals surface area (Å²) in [7, 11) is 0. The number of carbonyl (C=O) groups is 1. The second kappa shape index (κ2) is 7.05. The Labute approximate surface area is 138 Å². The van der Waals surface area contributed by atoms with Gasteiger partial charge in [0.1, 0.15) is 11.5 Å².